The van der Waals surface area contributed by atoms with Crippen LogP contribution in [0.3, 0.4) is 0 Å². The number of hydrogen-bond acceptors (Lipinski definition) is 3. The summed E-state index contributed by atoms with van der Waals surface area (Å²) in [6.07, 6.45) is 1.71. The minimum atomic E-state index is -0.310. The van der Waals surface area contributed by atoms with E-state index in [0.717, 1.165) is 17.9 Å². The molecule has 0 aromatic heterocycles. The lowest BCUT2D eigenvalue weighted by molar-refractivity contribution is -0.162. The monoisotopic (exact) mass is 220 g/mol. The highest BCUT2D eigenvalue weighted by atomic mass is 16.5. The van der Waals surface area contributed by atoms with E-state index >= 15 is 0 Å². The first kappa shape index (κ1) is 11.0. The van der Waals surface area contributed by atoms with Crippen molar-refractivity contribution in [2.45, 2.75) is 25.8 Å². The molecule has 1 aromatic carbocycles. The maximum atomic E-state index is 10.8. The second-order valence-electron chi connectivity index (χ2n) is 4.13. The Morgan fingerprint density at radius 1 is 1.56 bits per heavy atom. The maximum Gasteiger partial charge on any atom is 0.242 e. The first-order valence-corrected chi connectivity index (χ1v) is 5.48. The van der Waals surface area contributed by atoms with E-state index in [-0.39, 0.29) is 5.91 Å². The summed E-state index contributed by atoms with van der Waals surface area (Å²) in [7, 11) is 0. The van der Waals surface area contributed by atoms with Gasteiger partial charge in [-0.3, -0.25) is 10.0 Å². The van der Waals surface area contributed by atoms with Crippen LogP contribution in [0.1, 0.15) is 18.9 Å². The zero-order chi connectivity index (χ0) is 11.5. The number of anilines is 1. The molecular weight excluding hydrogens is 204 g/mol. The molecule has 1 heterocycles. The lowest BCUT2D eigenvalue weighted by atomic mass is 10.1. The maximum absolute atomic E-state index is 10.8. The zero-order valence-corrected chi connectivity index (χ0v) is 9.31. The van der Waals surface area contributed by atoms with E-state index in [2.05, 4.69) is 17.4 Å². The Kier molecular flexibility index (Phi) is 3.10. The van der Waals surface area contributed by atoms with Crippen LogP contribution in [0.15, 0.2) is 24.3 Å². The molecule has 0 radical (unpaired) electrons. The minimum Gasteiger partial charge on any atom is -0.382 e. The Labute approximate surface area is 94.8 Å². The Morgan fingerprint density at radius 3 is 3.00 bits per heavy atom. The number of amides is 1. The van der Waals surface area contributed by atoms with Crippen molar-refractivity contribution in [3.63, 3.8) is 0 Å². The molecule has 4 nitrogen and oxygen atoms in total. The number of nitrogens with zero attached hydrogens (tertiary/aromatic N) is 1. The van der Waals surface area contributed by atoms with Crippen molar-refractivity contribution in [1.29, 1.82) is 0 Å². The van der Waals surface area contributed by atoms with E-state index in [1.165, 1.54) is 18.2 Å². The van der Waals surface area contributed by atoms with Gasteiger partial charge >= 0.3 is 0 Å². The van der Waals surface area contributed by atoms with Crippen LogP contribution in [0.5, 0.6) is 0 Å². The average molecular weight is 220 g/mol. The van der Waals surface area contributed by atoms with Gasteiger partial charge in [0.05, 0.1) is 6.54 Å². The molecule has 1 aliphatic rings. The molecule has 2 rings (SSSR count). The average Bonchev–Trinajstić information content (AvgIpc) is 2.68. The van der Waals surface area contributed by atoms with Crippen LogP contribution >= 0.6 is 0 Å². The van der Waals surface area contributed by atoms with E-state index in [4.69, 9.17) is 0 Å². The molecule has 4 heteroatoms. The number of rotatable bonds is 3. The quantitative estimate of drug-likeness (QED) is 0.601. The number of nitrogens with one attached hydrogen (secondary N) is 1. The fourth-order valence-corrected chi connectivity index (χ4v) is 1.99. The van der Waals surface area contributed by atoms with Gasteiger partial charge in [0.1, 0.15) is 0 Å². The van der Waals surface area contributed by atoms with E-state index in [9.17, 15) is 10.0 Å². The number of hydrogen-bond donors (Lipinski definition) is 2. The molecule has 1 atom stereocenters. The predicted molar refractivity (Wildman–Crippen MR) is 61.3 cm³/mol. The highest BCUT2D eigenvalue weighted by molar-refractivity contribution is 5.71. The molecule has 2 N–H and O–H groups in total. The van der Waals surface area contributed by atoms with Crippen molar-refractivity contribution in [2.24, 2.45) is 0 Å². The summed E-state index contributed by atoms with van der Waals surface area (Å²) >= 11 is 0. The van der Waals surface area contributed by atoms with Gasteiger partial charge < -0.3 is 5.32 Å². The van der Waals surface area contributed by atoms with Crippen LogP contribution in [0, 0.1) is 0 Å². The van der Waals surface area contributed by atoms with Gasteiger partial charge in [0.25, 0.3) is 0 Å². The van der Waals surface area contributed by atoms with Crippen LogP contribution in [0.4, 0.5) is 5.69 Å². The number of para-hydroxylation sites is 1. The van der Waals surface area contributed by atoms with Crippen LogP contribution in [-0.2, 0) is 11.2 Å². The number of carbonyl (C=O) groups is 1. The number of fused-ring (bicyclic) bond motifs is 1. The van der Waals surface area contributed by atoms with Crippen LogP contribution in [-0.4, -0.2) is 28.8 Å². The molecule has 1 aromatic rings. The molecule has 0 aliphatic carbocycles. The molecule has 86 valence electrons. The Bertz CT molecular complexity index is 367. The smallest absolute Gasteiger partial charge is 0.242 e. The fourth-order valence-electron chi connectivity index (χ4n) is 1.99. The third-order valence-electron chi connectivity index (χ3n) is 2.90. The third-order valence-corrected chi connectivity index (χ3v) is 2.90. The number of carbonyl (C=O) groups excluding carboxylic acids is 1. The summed E-state index contributed by atoms with van der Waals surface area (Å²) in [5, 5.41) is 13.4. The normalized spacial score (nSPS) is 17.8. The number of hydroxylamine groups is 2. The van der Waals surface area contributed by atoms with Crippen molar-refractivity contribution in [3.05, 3.63) is 29.8 Å². The van der Waals surface area contributed by atoms with Gasteiger partial charge in [-0.25, -0.2) is 5.06 Å². The lowest BCUT2D eigenvalue weighted by Crippen LogP contribution is -2.30. The van der Waals surface area contributed by atoms with Gasteiger partial charge in [-0.2, -0.15) is 0 Å². The van der Waals surface area contributed by atoms with Crippen LogP contribution in [0.25, 0.3) is 0 Å². The molecule has 0 bridgehead atoms. The summed E-state index contributed by atoms with van der Waals surface area (Å²) < 4.78 is 0. The molecule has 1 aliphatic heterocycles. The minimum absolute atomic E-state index is 0.310. The largest absolute Gasteiger partial charge is 0.382 e. The van der Waals surface area contributed by atoms with Crippen molar-refractivity contribution in [3.8, 4) is 0 Å². The fraction of sp³-hybridized carbons (Fsp3) is 0.417. The molecule has 0 saturated carbocycles. The standard InChI is InChI=1S/C12H16N2O2/c1-9(15)14(16)7-6-11-8-10-4-2-3-5-12(10)13-11/h2-5,11,13,16H,6-8H2,1H3. The number of benzene rings is 1. The first-order chi connectivity index (χ1) is 7.66. The first-order valence-electron chi connectivity index (χ1n) is 5.48. The van der Waals surface area contributed by atoms with E-state index in [1.807, 2.05) is 12.1 Å². The SMILES string of the molecule is CC(=O)N(O)CCC1Cc2ccccc2N1. The Balaban J connectivity index is 1.86. The van der Waals surface area contributed by atoms with E-state index in [0.29, 0.717) is 12.6 Å². The molecule has 0 fully saturated rings. The molecule has 0 spiro atoms. The molecule has 16 heavy (non-hydrogen) atoms. The Hall–Kier alpha value is -1.55. The highest BCUT2D eigenvalue weighted by Gasteiger charge is 2.20. The summed E-state index contributed by atoms with van der Waals surface area (Å²) in [4.78, 5) is 10.8. The zero-order valence-electron chi connectivity index (χ0n) is 9.31. The van der Waals surface area contributed by atoms with Crippen molar-refractivity contribution >= 4 is 11.6 Å². The topological polar surface area (TPSA) is 52.6 Å². The third kappa shape index (κ3) is 2.33. The van der Waals surface area contributed by atoms with Gasteiger partial charge in [-0.1, -0.05) is 18.2 Å². The summed E-state index contributed by atoms with van der Waals surface area (Å²) in [6, 6.07) is 8.49. The van der Waals surface area contributed by atoms with Gasteiger partial charge in [-0.05, 0) is 24.5 Å². The van der Waals surface area contributed by atoms with Crippen molar-refractivity contribution in [2.75, 3.05) is 11.9 Å². The molecule has 1 unspecified atom stereocenters. The predicted octanol–water partition coefficient (Wildman–Crippen LogP) is 1.65. The second-order valence-corrected chi connectivity index (χ2v) is 4.13. The summed E-state index contributed by atoms with van der Waals surface area (Å²) in [5.41, 5.74) is 2.47. The molecule has 0 saturated heterocycles. The summed E-state index contributed by atoms with van der Waals surface area (Å²) in [6.45, 7) is 1.73. The van der Waals surface area contributed by atoms with Crippen molar-refractivity contribution < 1.29 is 10.0 Å². The van der Waals surface area contributed by atoms with E-state index < -0.39 is 0 Å². The van der Waals surface area contributed by atoms with E-state index in [1.54, 1.807) is 0 Å². The van der Waals surface area contributed by atoms with Gasteiger partial charge in [0.15, 0.2) is 0 Å². The highest BCUT2D eigenvalue weighted by Crippen LogP contribution is 2.26. The Morgan fingerprint density at radius 2 is 2.31 bits per heavy atom. The lowest BCUT2D eigenvalue weighted by Gasteiger charge is -2.16. The van der Waals surface area contributed by atoms with Crippen molar-refractivity contribution in [1.82, 2.24) is 5.06 Å². The van der Waals surface area contributed by atoms with Crippen LogP contribution < -0.4 is 5.32 Å². The molecule has 1 amide bonds. The molecular formula is C12H16N2O2. The van der Waals surface area contributed by atoms with Crippen LogP contribution in [0.2, 0.25) is 0 Å². The summed E-state index contributed by atoms with van der Waals surface area (Å²) in [5.74, 6) is -0.310. The van der Waals surface area contributed by atoms with Gasteiger partial charge in [0.2, 0.25) is 5.91 Å². The second kappa shape index (κ2) is 4.53. The van der Waals surface area contributed by atoms with Gasteiger partial charge in [0, 0.05) is 18.7 Å². The van der Waals surface area contributed by atoms with Gasteiger partial charge in [-0.15, -0.1) is 0 Å².